The molecule has 1 aromatic heterocycles. The third-order valence-corrected chi connectivity index (χ3v) is 4.37. The quantitative estimate of drug-likeness (QED) is 0.620. The molecular formula is C17H11Cl3N4O. The molecule has 0 aliphatic carbocycles. The van der Waals surface area contributed by atoms with E-state index < -0.39 is 5.91 Å². The Bertz CT molecular complexity index is 916. The summed E-state index contributed by atoms with van der Waals surface area (Å²) in [5.41, 5.74) is 1.24. The lowest BCUT2D eigenvalue weighted by Gasteiger charge is -2.09. The van der Waals surface area contributed by atoms with E-state index in [1.807, 2.05) is 18.2 Å². The van der Waals surface area contributed by atoms with Gasteiger partial charge in [-0.2, -0.15) is 0 Å². The number of benzene rings is 2. The molecule has 3 aromatic rings. The van der Waals surface area contributed by atoms with Gasteiger partial charge < -0.3 is 10.6 Å². The number of rotatable bonds is 4. The second kappa shape index (κ2) is 7.70. The molecule has 8 heteroatoms. The van der Waals surface area contributed by atoms with Crippen molar-refractivity contribution in [3.05, 3.63) is 75.6 Å². The topological polar surface area (TPSA) is 66.9 Å². The molecule has 0 aliphatic heterocycles. The van der Waals surface area contributed by atoms with Crippen molar-refractivity contribution in [2.75, 3.05) is 10.6 Å². The van der Waals surface area contributed by atoms with Crippen molar-refractivity contribution in [3.63, 3.8) is 0 Å². The second-order valence-electron chi connectivity index (χ2n) is 4.95. The minimum atomic E-state index is -0.444. The lowest BCUT2D eigenvalue weighted by molar-refractivity contribution is 0.102. The first kappa shape index (κ1) is 17.5. The van der Waals surface area contributed by atoms with E-state index in [-0.39, 0.29) is 10.7 Å². The SMILES string of the molecule is O=C(Nc1cccc(Cl)c1Cl)c1cnc(Nc2ccccc2Cl)cn1. The third kappa shape index (κ3) is 4.20. The lowest BCUT2D eigenvalue weighted by atomic mass is 10.3. The van der Waals surface area contributed by atoms with E-state index in [9.17, 15) is 4.79 Å². The van der Waals surface area contributed by atoms with E-state index in [1.54, 1.807) is 24.3 Å². The number of nitrogens with zero attached hydrogens (tertiary/aromatic N) is 2. The number of nitrogens with one attached hydrogen (secondary N) is 2. The van der Waals surface area contributed by atoms with Crippen molar-refractivity contribution >= 4 is 57.9 Å². The molecule has 3 rings (SSSR count). The fraction of sp³-hybridized carbons (Fsp3) is 0. The Labute approximate surface area is 159 Å². The largest absolute Gasteiger partial charge is 0.338 e. The van der Waals surface area contributed by atoms with Gasteiger partial charge in [0.15, 0.2) is 0 Å². The molecule has 2 N–H and O–H groups in total. The van der Waals surface area contributed by atoms with E-state index >= 15 is 0 Å². The Morgan fingerprint density at radius 2 is 1.56 bits per heavy atom. The molecule has 5 nitrogen and oxygen atoms in total. The fourth-order valence-corrected chi connectivity index (χ4v) is 2.53. The van der Waals surface area contributed by atoms with Crippen molar-refractivity contribution in [1.82, 2.24) is 9.97 Å². The van der Waals surface area contributed by atoms with Crippen molar-refractivity contribution < 1.29 is 4.79 Å². The Balaban J connectivity index is 1.72. The molecule has 0 atom stereocenters. The first-order valence-corrected chi connectivity index (χ1v) is 8.27. The lowest BCUT2D eigenvalue weighted by Crippen LogP contribution is -2.14. The average molecular weight is 394 g/mol. The summed E-state index contributed by atoms with van der Waals surface area (Å²) in [7, 11) is 0. The van der Waals surface area contributed by atoms with Gasteiger partial charge >= 0.3 is 0 Å². The highest BCUT2D eigenvalue weighted by molar-refractivity contribution is 6.44. The van der Waals surface area contributed by atoms with E-state index in [4.69, 9.17) is 34.8 Å². The Morgan fingerprint density at radius 1 is 0.840 bits per heavy atom. The zero-order chi connectivity index (χ0) is 17.8. The highest BCUT2D eigenvalue weighted by Crippen LogP contribution is 2.29. The molecule has 126 valence electrons. The van der Waals surface area contributed by atoms with Crippen LogP contribution in [-0.4, -0.2) is 15.9 Å². The first-order chi connectivity index (χ1) is 12.0. The smallest absolute Gasteiger partial charge is 0.275 e. The minimum Gasteiger partial charge on any atom is -0.338 e. The molecule has 0 fully saturated rings. The van der Waals surface area contributed by atoms with Crippen LogP contribution in [0.1, 0.15) is 10.5 Å². The van der Waals surface area contributed by atoms with Crippen LogP contribution in [0.25, 0.3) is 0 Å². The summed E-state index contributed by atoms with van der Waals surface area (Å²) in [4.78, 5) is 20.5. The van der Waals surface area contributed by atoms with Crippen molar-refractivity contribution in [2.45, 2.75) is 0 Å². The molecule has 1 heterocycles. The molecule has 0 saturated carbocycles. The number of carbonyl (C=O) groups is 1. The third-order valence-electron chi connectivity index (χ3n) is 3.22. The van der Waals surface area contributed by atoms with E-state index in [1.165, 1.54) is 12.4 Å². The Hall–Kier alpha value is -2.34. The summed E-state index contributed by atoms with van der Waals surface area (Å²) in [6, 6.07) is 12.2. The number of halogens is 3. The molecule has 0 saturated heterocycles. The second-order valence-corrected chi connectivity index (χ2v) is 6.14. The Morgan fingerprint density at radius 3 is 2.28 bits per heavy atom. The normalized spacial score (nSPS) is 10.4. The van der Waals surface area contributed by atoms with Gasteiger partial charge in [0.2, 0.25) is 0 Å². The van der Waals surface area contributed by atoms with E-state index in [0.29, 0.717) is 27.2 Å². The van der Waals surface area contributed by atoms with Gasteiger partial charge in [-0.05, 0) is 24.3 Å². The van der Waals surface area contributed by atoms with Crippen LogP contribution in [0.5, 0.6) is 0 Å². The molecule has 0 spiro atoms. The summed E-state index contributed by atoms with van der Waals surface area (Å²) >= 11 is 18.0. The minimum absolute atomic E-state index is 0.140. The summed E-state index contributed by atoms with van der Waals surface area (Å²) in [5, 5.41) is 6.85. The maximum atomic E-state index is 12.2. The zero-order valence-corrected chi connectivity index (χ0v) is 14.9. The fourth-order valence-electron chi connectivity index (χ4n) is 2.00. The molecule has 0 bridgehead atoms. The van der Waals surface area contributed by atoms with Crippen molar-refractivity contribution in [2.24, 2.45) is 0 Å². The Kier molecular flexibility index (Phi) is 5.38. The van der Waals surface area contributed by atoms with E-state index in [2.05, 4.69) is 20.6 Å². The molecular weight excluding hydrogens is 383 g/mol. The zero-order valence-electron chi connectivity index (χ0n) is 12.6. The molecule has 0 aliphatic rings. The maximum Gasteiger partial charge on any atom is 0.275 e. The van der Waals surface area contributed by atoms with Crippen LogP contribution in [0, 0.1) is 0 Å². The predicted molar refractivity (Wildman–Crippen MR) is 101 cm³/mol. The summed E-state index contributed by atoms with van der Waals surface area (Å²) in [6.45, 7) is 0. The van der Waals surface area contributed by atoms with Gasteiger partial charge in [-0.25, -0.2) is 9.97 Å². The highest BCUT2D eigenvalue weighted by Gasteiger charge is 2.12. The van der Waals surface area contributed by atoms with Gasteiger partial charge in [0.1, 0.15) is 11.5 Å². The number of hydrogen-bond acceptors (Lipinski definition) is 4. The van der Waals surface area contributed by atoms with Crippen LogP contribution in [0.15, 0.2) is 54.9 Å². The van der Waals surface area contributed by atoms with Gasteiger partial charge in [-0.1, -0.05) is 53.0 Å². The van der Waals surface area contributed by atoms with Crippen LogP contribution in [-0.2, 0) is 0 Å². The monoisotopic (exact) mass is 392 g/mol. The molecule has 0 unspecified atom stereocenters. The van der Waals surface area contributed by atoms with Gasteiger partial charge in [0.25, 0.3) is 5.91 Å². The predicted octanol–water partition coefficient (Wildman–Crippen LogP) is 5.43. The summed E-state index contributed by atoms with van der Waals surface area (Å²) in [5.74, 6) is 0.0198. The van der Waals surface area contributed by atoms with Crippen LogP contribution in [0.2, 0.25) is 15.1 Å². The molecule has 2 aromatic carbocycles. The van der Waals surface area contributed by atoms with Crippen LogP contribution < -0.4 is 10.6 Å². The van der Waals surface area contributed by atoms with E-state index in [0.717, 1.165) is 0 Å². The number of anilines is 3. The van der Waals surface area contributed by atoms with Crippen LogP contribution in [0.4, 0.5) is 17.2 Å². The number of amides is 1. The molecule has 25 heavy (non-hydrogen) atoms. The van der Waals surface area contributed by atoms with Crippen molar-refractivity contribution in [3.8, 4) is 0 Å². The van der Waals surface area contributed by atoms with Gasteiger partial charge in [-0.3, -0.25) is 4.79 Å². The van der Waals surface area contributed by atoms with Crippen LogP contribution >= 0.6 is 34.8 Å². The average Bonchev–Trinajstić information content (AvgIpc) is 2.61. The standard InChI is InChI=1S/C17H11Cl3N4O/c18-10-4-1-2-6-12(10)23-15-9-21-14(8-22-15)17(25)24-13-7-3-5-11(19)16(13)20/h1-9H,(H,22,23)(H,24,25). The number of carbonyl (C=O) groups excluding carboxylic acids is 1. The first-order valence-electron chi connectivity index (χ1n) is 7.13. The summed E-state index contributed by atoms with van der Waals surface area (Å²) in [6.07, 6.45) is 2.80. The number of hydrogen-bond donors (Lipinski definition) is 2. The molecule has 0 radical (unpaired) electrons. The van der Waals surface area contributed by atoms with Gasteiger partial charge in [0, 0.05) is 0 Å². The van der Waals surface area contributed by atoms with Crippen LogP contribution in [0.3, 0.4) is 0 Å². The number of para-hydroxylation sites is 1. The molecule has 1 amide bonds. The number of aromatic nitrogens is 2. The highest BCUT2D eigenvalue weighted by atomic mass is 35.5. The van der Waals surface area contributed by atoms with Gasteiger partial charge in [-0.15, -0.1) is 0 Å². The van der Waals surface area contributed by atoms with Gasteiger partial charge in [0.05, 0.1) is 38.8 Å². The summed E-state index contributed by atoms with van der Waals surface area (Å²) < 4.78 is 0. The van der Waals surface area contributed by atoms with Crippen molar-refractivity contribution in [1.29, 1.82) is 0 Å². The maximum absolute atomic E-state index is 12.2.